The molecule has 0 aliphatic rings. The van der Waals surface area contributed by atoms with Crippen molar-refractivity contribution in [1.82, 2.24) is 31.9 Å². The van der Waals surface area contributed by atoms with E-state index in [1.165, 1.54) is 0 Å². The van der Waals surface area contributed by atoms with Gasteiger partial charge in [0.25, 0.3) is 0 Å². The average Bonchev–Trinajstić information content (AvgIpc) is 3.05. The Kier molecular flexibility index (Phi) is 20.5. The van der Waals surface area contributed by atoms with E-state index in [1.807, 2.05) is 60.6 Å². The van der Waals surface area contributed by atoms with Gasteiger partial charge in [0.1, 0.15) is 18.1 Å². The van der Waals surface area contributed by atoms with E-state index >= 15 is 0 Å². The molecule has 1 aromatic carbocycles. The molecule has 0 saturated heterocycles. The summed E-state index contributed by atoms with van der Waals surface area (Å²) in [4.78, 5) is 76.6. The van der Waals surface area contributed by atoms with Gasteiger partial charge in [0.15, 0.2) is 0 Å². The van der Waals surface area contributed by atoms with Crippen molar-refractivity contribution in [2.45, 2.75) is 137 Å². The van der Waals surface area contributed by atoms with Crippen LogP contribution in [0.15, 0.2) is 24.3 Å². The second-order valence-corrected chi connectivity index (χ2v) is 14.2. The van der Waals surface area contributed by atoms with Crippen LogP contribution in [0.4, 0.5) is 5.69 Å². The van der Waals surface area contributed by atoms with Crippen molar-refractivity contribution in [2.75, 3.05) is 12.3 Å². The molecule has 5 amide bonds. The van der Waals surface area contributed by atoms with Crippen molar-refractivity contribution < 1.29 is 33.9 Å². The number of nitrogens with two attached hydrogens (primary N) is 1. The molecule has 288 valence electrons. The molecule has 0 spiro atoms. The molecule has 9 N–H and O–H groups in total. The third-order valence-corrected chi connectivity index (χ3v) is 8.65. The minimum Gasteiger partial charge on any atom is -0.481 e. The molecule has 0 heterocycles. The number of benzene rings is 1. The van der Waals surface area contributed by atoms with Crippen LogP contribution < -0.4 is 37.6 Å². The summed E-state index contributed by atoms with van der Waals surface area (Å²) in [5, 5.41) is 26.4. The minimum absolute atomic E-state index is 0.0266. The number of nitrogens with one attached hydrogen (secondary N) is 6. The molecular formula is C37H63N7O7. The Morgan fingerprint density at radius 1 is 0.804 bits per heavy atom. The van der Waals surface area contributed by atoms with Crippen molar-refractivity contribution >= 4 is 41.2 Å². The number of carbonyl (C=O) groups excluding carboxylic acids is 5. The highest BCUT2D eigenvalue weighted by molar-refractivity contribution is 5.92. The first kappa shape index (κ1) is 44.8. The number of anilines is 1. The first-order valence-corrected chi connectivity index (χ1v) is 18.3. The van der Waals surface area contributed by atoms with Crippen LogP contribution in [-0.2, 0) is 35.3 Å². The van der Waals surface area contributed by atoms with Gasteiger partial charge in [-0.1, -0.05) is 73.4 Å². The van der Waals surface area contributed by atoms with E-state index in [-0.39, 0.29) is 73.9 Å². The SMILES string of the molecule is CCC[C@H](NC(=O)[C@@H](NC(=O)CCCC(=O)O)[C@@H](C)CC)C(=O)N[C@H](CN[C@@H](C)C(=O)N[C@H](C(=O)NCc1cccc(N)c1)C(C)C)CC(C)C. The molecule has 0 aliphatic heterocycles. The summed E-state index contributed by atoms with van der Waals surface area (Å²) in [7, 11) is 0. The maximum Gasteiger partial charge on any atom is 0.303 e. The van der Waals surface area contributed by atoms with Crippen molar-refractivity contribution in [2.24, 2.45) is 17.8 Å². The van der Waals surface area contributed by atoms with E-state index in [1.54, 1.807) is 19.1 Å². The van der Waals surface area contributed by atoms with Gasteiger partial charge < -0.3 is 42.7 Å². The number of nitrogen functional groups attached to an aromatic ring is 1. The molecule has 14 nitrogen and oxygen atoms in total. The summed E-state index contributed by atoms with van der Waals surface area (Å²) < 4.78 is 0. The molecule has 0 bridgehead atoms. The standard InChI is InChI=1S/C37H63N7O7/c1-9-13-29(42-37(51)33(24(7)10-2)43-30(45)16-12-17-31(46)47)35(49)41-28(18-22(3)4)21-39-25(8)34(48)44-32(23(5)6)36(50)40-20-26-14-11-15-27(38)19-26/h11,14-15,19,22-25,28-29,32-33,39H,9-10,12-13,16-18,20-21,38H2,1-8H3,(H,40,50)(H,41,49)(H,42,51)(H,43,45)(H,44,48)(H,46,47)/t24-,25-,28-,29-,32-,33-/m0/s1. The van der Waals surface area contributed by atoms with Crippen molar-refractivity contribution in [3.8, 4) is 0 Å². The summed E-state index contributed by atoms with van der Waals surface area (Å²) in [6.07, 6.45) is 2.16. The number of hydrogen-bond acceptors (Lipinski definition) is 8. The lowest BCUT2D eigenvalue weighted by Crippen LogP contribution is -2.58. The van der Waals surface area contributed by atoms with Gasteiger partial charge in [0, 0.05) is 37.7 Å². The van der Waals surface area contributed by atoms with Crippen LogP contribution in [0, 0.1) is 17.8 Å². The first-order chi connectivity index (χ1) is 24.0. The van der Waals surface area contributed by atoms with E-state index in [4.69, 9.17) is 10.8 Å². The Morgan fingerprint density at radius 2 is 1.49 bits per heavy atom. The van der Waals surface area contributed by atoms with Crippen LogP contribution in [0.1, 0.15) is 106 Å². The van der Waals surface area contributed by atoms with Crippen LogP contribution in [0.2, 0.25) is 0 Å². The predicted molar refractivity (Wildman–Crippen MR) is 198 cm³/mol. The molecule has 0 aliphatic carbocycles. The lowest BCUT2D eigenvalue weighted by atomic mass is 9.97. The average molecular weight is 718 g/mol. The smallest absolute Gasteiger partial charge is 0.303 e. The number of aliphatic carboxylic acids is 1. The highest BCUT2D eigenvalue weighted by atomic mass is 16.4. The summed E-state index contributed by atoms with van der Waals surface area (Å²) in [5.74, 6) is -3.14. The van der Waals surface area contributed by atoms with Gasteiger partial charge in [-0.05, 0) is 61.6 Å². The number of rotatable bonds is 24. The van der Waals surface area contributed by atoms with Gasteiger partial charge in [-0.15, -0.1) is 0 Å². The van der Waals surface area contributed by atoms with E-state index < -0.39 is 42.0 Å². The van der Waals surface area contributed by atoms with Crippen molar-refractivity contribution in [1.29, 1.82) is 0 Å². The first-order valence-electron chi connectivity index (χ1n) is 18.3. The highest BCUT2D eigenvalue weighted by Gasteiger charge is 2.31. The van der Waals surface area contributed by atoms with Crippen LogP contribution in [0.5, 0.6) is 0 Å². The summed E-state index contributed by atoms with van der Waals surface area (Å²) in [6.45, 7) is 15.6. The highest BCUT2D eigenvalue weighted by Crippen LogP contribution is 2.12. The number of carbonyl (C=O) groups is 6. The maximum absolute atomic E-state index is 13.6. The molecule has 51 heavy (non-hydrogen) atoms. The maximum atomic E-state index is 13.6. The van der Waals surface area contributed by atoms with Crippen LogP contribution in [0.25, 0.3) is 0 Å². The molecule has 0 saturated carbocycles. The van der Waals surface area contributed by atoms with Gasteiger partial charge in [-0.2, -0.15) is 0 Å². The normalized spacial score (nSPS) is 14.8. The Morgan fingerprint density at radius 3 is 2.06 bits per heavy atom. The molecule has 0 aromatic heterocycles. The molecule has 14 heteroatoms. The van der Waals surface area contributed by atoms with E-state index in [0.717, 1.165) is 5.56 Å². The van der Waals surface area contributed by atoms with Crippen LogP contribution in [0.3, 0.4) is 0 Å². The zero-order valence-electron chi connectivity index (χ0n) is 31.8. The zero-order valence-corrected chi connectivity index (χ0v) is 31.8. The number of amides is 5. The fourth-order valence-corrected chi connectivity index (χ4v) is 5.46. The summed E-state index contributed by atoms with van der Waals surface area (Å²) in [5.41, 5.74) is 7.28. The van der Waals surface area contributed by atoms with Gasteiger partial charge >= 0.3 is 5.97 Å². The quantitative estimate of drug-likeness (QED) is 0.0736. The molecule has 0 unspecified atom stereocenters. The largest absolute Gasteiger partial charge is 0.481 e. The van der Waals surface area contributed by atoms with E-state index in [0.29, 0.717) is 31.4 Å². The minimum atomic E-state index is -0.998. The van der Waals surface area contributed by atoms with E-state index in [9.17, 15) is 28.8 Å². The monoisotopic (exact) mass is 717 g/mol. The zero-order chi connectivity index (χ0) is 38.7. The third kappa shape index (κ3) is 17.5. The van der Waals surface area contributed by atoms with Crippen molar-refractivity contribution in [3.63, 3.8) is 0 Å². The van der Waals surface area contributed by atoms with Gasteiger partial charge in [-0.25, -0.2) is 0 Å². The predicted octanol–water partition coefficient (Wildman–Crippen LogP) is 2.61. The molecular weight excluding hydrogens is 654 g/mol. The van der Waals surface area contributed by atoms with Crippen LogP contribution >= 0.6 is 0 Å². The lowest BCUT2D eigenvalue weighted by Gasteiger charge is -2.29. The summed E-state index contributed by atoms with van der Waals surface area (Å²) >= 11 is 0. The van der Waals surface area contributed by atoms with Gasteiger partial charge in [0.05, 0.1) is 6.04 Å². The molecule has 1 rings (SSSR count). The Hall–Kier alpha value is -4.20. The second-order valence-electron chi connectivity index (χ2n) is 14.2. The molecule has 0 radical (unpaired) electrons. The number of hydrogen-bond donors (Lipinski definition) is 8. The topological polar surface area (TPSA) is 221 Å². The molecule has 1 aromatic rings. The van der Waals surface area contributed by atoms with E-state index in [2.05, 4.69) is 31.9 Å². The number of carboxylic acid groups (broad SMARTS) is 1. The lowest BCUT2D eigenvalue weighted by molar-refractivity contribution is -0.137. The van der Waals surface area contributed by atoms with Crippen molar-refractivity contribution in [3.05, 3.63) is 29.8 Å². The fourth-order valence-electron chi connectivity index (χ4n) is 5.46. The summed E-state index contributed by atoms with van der Waals surface area (Å²) in [6, 6.07) is 3.65. The second kappa shape index (κ2) is 23.3. The van der Waals surface area contributed by atoms with Crippen LogP contribution in [-0.4, -0.2) is 77.4 Å². The molecule has 6 atom stereocenters. The fraction of sp³-hybridized carbons (Fsp3) is 0.676. The third-order valence-electron chi connectivity index (χ3n) is 8.65. The molecule has 0 fully saturated rings. The Bertz CT molecular complexity index is 1290. The Balaban J connectivity index is 2.89. The Labute approximate surface area is 303 Å². The number of carboxylic acids is 1. The van der Waals surface area contributed by atoms with Gasteiger partial charge in [-0.3, -0.25) is 28.8 Å². The van der Waals surface area contributed by atoms with Gasteiger partial charge in [0.2, 0.25) is 29.5 Å².